The van der Waals surface area contributed by atoms with Crippen LogP contribution >= 0.6 is 0 Å². The molecule has 38 valence electrons. The van der Waals surface area contributed by atoms with Gasteiger partial charge in [-0.05, 0) is 6.07 Å². The Morgan fingerprint density at radius 2 is 1.43 bits per heavy atom. The molecule has 0 radical (unpaired) electrons. The van der Waals surface area contributed by atoms with E-state index in [2.05, 4.69) is 4.42 Å². The van der Waals surface area contributed by atoms with Gasteiger partial charge in [-0.1, -0.05) is 0 Å². The third-order valence-electron chi connectivity index (χ3n) is 0.536. The molecule has 2 heteroatoms. The number of hydrogen-bond acceptors (Lipinski definition) is 0. The van der Waals surface area contributed by atoms with Gasteiger partial charge >= 0.3 is 12.5 Å². The highest BCUT2D eigenvalue weighted by molar-refractivity contribution is 4.84. The zero-order chi connectivity index (χ0) is 4.24. The molecule has 1 aromatic rings. The van der Waals surface area contributed by atoms with Crippen LogP contribution in [0.25, 0.3) is 0 Å². The second kappa shape index (κ2) is 3.62. The summed E-state index contributed by atoms with van der Waals surface area (Å²) in [5, 5.41) is 0. The van der Waals surface area contributed by atoms with Gasteiger partial charge in [0, 0.05) is 12.1 Å². The lowest BCUT2D eigenvalue weighted by atomic mass is 10.6. The van der Waals surface area contributed by atoms with Crippen molar-refractivity contribution in [2.24, 2.45) is 0 Å². The van der Waals surface area contributed by atoms with Gasteiger partial charge < -0.3 is 12.4 Å². The van der Waals surface area contributed by atoms with Crippen molar-refractivity contribution in [3.05, 3.63) is 30.7 Å². The molecule has 7 heavy (non-hydrogen) atoms. The molecular weight excluding hydrogens is 112 g/mol. The van der Waals surface area contributed by atoms with Crippen LogP contribution in [0, 0.1) is 0 Å². The molecule has 0 aliphatic carbocycles. The van der Waals surface area contributed by atoms with E-state index < -0.39 is 0 Å². The second-order valence-electron chi connectivity index (χ2n) is 0.986. The average Bonchev–Trinajstić information content (AvgIpc) is 1.72. The minimum absolute atomic E-state index is 0. The molecule has 0 saturated carbocycles. The van der Waals surface area contributed by atoms with Gasteiger partial charge in [-0.3, -0.25) is 0 Å². The first-order valence-electron chi connectivity index (χ1n) is 1.80. The van der Waals surface area contributed by atoms with Crippen LogP contribution in [0.15, 0.2) is 35.1 Å². The quantitative estimate of drug-likeness (QED) is 0.378. The maximum atomic E-state index is 4.68. The Balaban J connectivity index is 0.000000360. The third kappa shape index (κ3) is 2.18. The predicted octanol–water partition coefficient (Wildman–Crippen LogP) is -1.44. The largest absolute Gasteiger partial charge is 1.00 e. The normalized spacial score (nSPS) is 6.86. The van der Waals surface area contributed by atoms with Gasteiger partial charge in [0.1, 0.15) is 0 Å². The van der Waals surface area contributed by atoms with Crippen molar-refractivity contribution in [3.8, 4) is 0 Å². The van der Waals surface area contributed by atoms with E-state index in [0.717, 1.165) is 0 Å². The fraction of sp³-hybridized carbons (Fsp3) is 0. The van der Waals surface area contributed by atoms with Crippen molar-refractivity contribution in [2.45, 2.75) is 0 Å². The highest BCUT2D eigenvalue weighted by Gasteiger charge is 1.72. The molecular formula is C5H5ClO. The van der Waals surface area contributed by atoms with Crippen molar-refractivity contribution < 1.29 is 16.8 Å². The molecule has 0 bridgehead atoms. The van der Waals surface area contributed by atoms with Crippen LogP contribution in [-0.2, 0) is 0 Å². The molecule has 1 aromatic heterocycles. The van der Waals surface area contributed by atoms with Crippen molar-refractivity contribution >= 4 is 0 Å². The summed E-state index contributed by atoms with van der Waals surface area (Å²) >= 11 is 0. The van der Waals surface area contributed by atoms with E-state index >= 15 is 0 Å². The van der Waals surface area contributed by atoms with E-state index in [0.29, 0.717) is 0 Å². The molecule has 0 saturated heterocycles. The highest BCUT2D eigenvalue weighted by Crippen LogP contribution is 1.79. The zero-order valence-corrected chi connectivity index (χ0v) is 4.43. The van der Waals surface area contributed by atoms with Crippen LogP contribution in [0.1, 0.15) is 0 Å². The molecule has 1 rings (SSSR count). The smallest absolute Gasteiger partial charge is 0.317 e. The lowest BCUT2D eigenvalue weighted by Crippen LogP contribution is -3.00. The summed E-state index contributed by atoms with van der Waals surface area (Å²) in [5.74, 6) is 0. The van der Waals surface area contributed by atoms with Gasteiger partial charge in [0.15, 0.2) is 0 Å². The Bertz CT molecular complexity index is 80.0. The van der Waals surface area contributed by atoms with Crippen LogP contribution in [0.3, 0.4) is 0 Å². The van der Waals surface area contributed by atoms with Crippen molar-refractivity contribution in [3.63, 3.8) is 0 Å². The number of halogens is 1. The van der Waals surface area contributed by atoms with E-state index in [4.69, 9.17) is 0 Å². The average molecular weight is 117 g/mol. The van der Waals surface area contributed by atoms with E-state index in [-0.39, 0.29) is 12.4 Å². The topological polar surface area (TPSA) is 11.3 Å². The summed E-state index contributed by atoms with van der Waals surface area (Å²) in [4.78, 5) is 0. The lowest BCUT2D eigenvalue weighted by molar-refractivity contribution is -0.00000161. The first kappa shape index (κ1) is 6.44. The van der Waals surface area contributed by atoms with Gasteiger partial charge in [0.2, 0.25) is 0 Å². The molecule has 0 fully saturated rings. The van der Waals surface area contributed by atoms with Crippen molar-refractivity contribution in [1.29, 1.82) is 0 Å². The number of rotatable bonds is 0. The first-order chi connectivity index (χ1) is 3.00. The maximum Gasteiger partial charge on any atom is 0.317 e. The highest BCUT2D eigenvalue weighted by atomic mass is 35.5. The van der Waals surface area contributed by atoms with Crippen LogP contribution in [0.2, 0.25) is 0 Å². The lowest BCUT2D eigenvalue weighted by Gasteiger charge is -1.57. The fourth-order valence-corrected chi connectivity index (χ4v) is 0.291. The van der Waals surface area contributed by atoms with Gasteiger partial charge in [-0.15, -0.1) is 0 Å². The molecule has 0 unspecified atom stereocenters. The van der Waals surface area contributed by atoms with Crippen molar-refractivity contribution in [2.75, 3.05) is 0 Å². The van der Waals surface area contributed by atoms with Gasteiger partial charge in [-0.2, -0.15) is 0 Å². The Hall–Kier alpha value is -0.560. The zero-order valence-electron chi connectivity index (χ0n) is 3.67. The molecule has 0 aliphatic rings. The summed E-state index contributed by atoms with van der Waals surface area (Å²) in [6.07, 6.45) is 3.25. The van der Waals surface area contributed by atoms with E-state index in [1.165, 1.54) is 0 Å². The third-order valence-corrected chi connectivity index (χ3v) is 0.536. The minimum atomic E-state index is 0. The molecule has 0 aromatic carbocycles. The Labute approximate surface area is 48.4 Å². The Morgan fingerprint density at radius 3 is 1.57 bits per heavy atom. The monoisotopic (exact) mass is 116 g/mol. The predicted molar refractivity (Wildman–Crippen MR) is 23.1 cm³/mol. The molecule has 0 N–H and O–H groups in total. The molecule has 1 nitrogen and oxygen atoms in total. The molecule has 0 atom stereocenters. The molecule has 1 heterocycles. The summed E-state index contributed by atoms with van der Waals surface area (Å²) in [6.45, 7) is 0. The molecule has 0 amide bonds. The van der Waals surface area contributed by atoms with Gasteiger partial charge in [0.05, 0.1) is 0 Å². The van der Waals surface area contributed by atoms with Crippen LogP contribution in [0.5, 0.6) is 0 Å². The van der Waals surface area contributed by atoms with Crippen LogP contribution < -0.4 is 12.4 Å². The SMILES string of the molecule is [Cl-].c1cc[o+]cc1. The first-order valence-corrected chi connectivity index (χ1v) is 1.80. The van der Waals surface area contributed by atoms with Gasteiger partial charge in [0.25, 0.3) is 0 Å². The maximum absolute atomic E-state index is 4.68. The van der Waals surface area contributed by atoms with E-state index in [9.17, 15) is 0 Å². The van der Waals surface area contributed by atoms with Crippen molar-refractivity contribution in [1.82, 2.24) is 0 Å². The molecule has 0 aliphatic heterocycles. The standard InChI is InChI=1S/C5H5O.ClH/c1-2-4-6-5-3-1;/h1-5H;1H/q+1;/p-1. The van der Waals surface area contributed by atoms with Crippen LogP contribution in [0.4, 0.5) is 0 Å². The fourth-order valence-electron chi connectivity index (χ4n) is 0.291. The van der Waals surface area contributed by atoms with Crippen LogP contribution in [-0.4, -0.2) is 0 Å². The Morgan fingerprint density at radius 1 is 0.857 bits per heavy atom. The summed E-state index contributed by atoms with van der Waals surface area (Å²) in [7, 11) is 0. The number of hydrogen-bond donors (Lipinski definition) is 0. The minimum Gasteiger partial charge on any atom is -1.00 e. The van der Waals surface area contributed by atoms with E-state index in [1.54, 1.807) is 12.5 Å². The molecule has 0 spiro atoms. The summed E-state index contributed by atoms with van der Waals surface area (Å²) < 4.78 is 4.68. The Kier molecular flexibility index (Phi) is 3.33. The van der Waals surface area contributed by atoms with E-state index in [1.807, 2.05) is 18.2 Å². The van der Waals surface area contributed by atoms with Gasteiger partial charge in [-0.25, -0.2) is 4.42 Å². The summed E-state index contributed by atoms with van der Waals surface area (Å²) in [5.41, 5.74) is 0. The summed E-state index contributed by atoms with van der Waals surface area (Å²) in [6, 6.07) is 5.57. The second-order valence-corrected chi connectivity index (χ2v) is 0.986.